The van der Waals surface area contributed by atoms with E-state index in [2.05, 4.69) is 0 Å². The molecule has 0 radical (unpaired) electrons. The number of hydrogen-bond acceptors (Lipinski definition) is 6. The average molecular weight is 433 g/mol. The van der Waals surface area contributed by atoms with Crippen LogP contribution in [0, 0.1) is 34.5 Å². The molecule has 0 spiro atoms. The second kappa shape index (κ2) is 6.69. The van der Waals surface area contributed by atoms with E-state index in [0.717, 1.165) is 64.2 Å². The van der Waals surface area contributed by atoms with Crippen LogP contribution in [0.25, 0.3) is 0 Å². The number of rotatable bonds is 6. The van der Waals surface area contributed by atoms with Crippen molar-refractivity contribution in [2.75, 3.05) is 13.2 Å². The molecule has 4 atom stereocenters. The Morgan fingerprint density at radius 2 is 1.00 bits per heavy atom. The molecule has 8 aliphatic rings. The van der Waals surface area contributed by atoms with E-state index >= 15 is 0 Å². The summed E-state index contributed by atoms with van der Waals surface area (Å²) < 4.78 is 11.3. The van der Waals surface area contributed by atoms with Gasteiger partial charge in [0, 0.05) is 6.42 Å². The van der Waals surface area contributed by atoms with Gasteiger partial charge in [-0.05, 0) is 101 Å². The topological polar surface area (TPSA) is 93.1 Å². The Kier molecular flexibility index (Phi) is 4.42. The monoisotopic (exact) mass is 432 g/mol. The molecule has 6 heteroatoms. The van der Waals surface area contributed by atoms with Crippen LogP contribution in [-0.4, -0.2) is 46.6 Å². The lowest BCUT2D eigenvalue weighted by Crippen LogP contribution is -2.58. The van der Waals surface area contributed by atoms with Gasteiger partial charge in [0.15, 0.2) is 0 Å². The van der Waals surface area contributed by atoms with Gasteiger partial charge in [0.05, 0.1) is 35.2 Å². The van der Waals surface area contributed by atoms with Gasteiger partial charge in [-0.2, -0.15) is 0 Å². The highest BCUT2D eigenvalue weighted by Gasteiger charge is 2.62. The Morgan fingerprint density at radius 3 is 1.32 bits per heavy atom. The SMILES string of the molecule is O=C(OCCCOC(=O)C12CC3CC(CC(O)(C3)C1)C2)C12CC3CC(CC(O)(C3)C1)C2. The molecule has 8 saturated carbocycles. The zero-order valence-corrected chi connectivity index (χ0v) is 18.4. The van der Waals surface area contributed by atoms with Gasteiger partial charge in [-0.15, -0.1) is 0 Å². The van der Waals surface area contributed by atoms with Gasteiger partial charge in [-0.25, -0.2) is 0 Å². The highest BCUT2D eigenvalue weighted by Crippen LogP contribution is 2.63. The van der Waals surface area contributed by atoms with Crippen molar-refractivity contribution < 1.29 is 29.3 Å². The van der Waals surface area contributed by atoms with Gasteiger partial charge in [0.25, 0.3) is 0 Å². The van der Waals surface area contributed by atoms with Crippen molar-refractivity contribution in [1.29, 1.82) is 0 Å². The standard InChI is InChI=1S/C25H36O6/c26-20(22-6-16-4-17(7-22)11-24(28,10-16)14-22)30-2-1-3-31-21(27)23-8-18-5-19(9-23)13-25(29,12-18)15-23/h16-19,28-29H,1-15H2. The Morgan fingerprint density at radius 1 is 0.645 bits per heavy atom. The van der Waals surface area contributed by atoms with Crippen molar-refractivity contribution in [1.82, 2.24) is 0 Å². The summed E-state index contributed by atoms with van der Waals surface area (Å²) in [6.45, 7) is 0.508. The van der Waals surface area contributed by atoms with E-state index in [1.807, 2.05) is 0 Å². The molecule has 172 valence electrons. The lowest BCUT2D eigenvalue weighted by atomic mass is 9.48. The molecule has 8 rings (SSSR count). The van der Waals surface area contributed by atoms with Crippen LogP contribution in [0.2, 0.25) is 0 Å². The van der Waals surface area contributed by atoms with Crippen LogP contribution in [-0.2, 0) is 19.1 Å². The molecule has 0 aromatic carbocycles. The smallest absolute Gasteiger partial charge is 0.312 e. The van der Waals surface area contributed by atoms with Crippen LogP contribution < -0.4 is 0 Å². The number of ether oxygens (including phenoxy) is 2. The Hall–Kier alpha value is -1.14. The maximum Gasteiger partial charge on any atom is 0.312 e. The molecule has 8 bridgehead atoms. The summed E-state index contributed by atoms with van der Waals surface area (Å²) in [7, 11) is 0. The minimum absolute atomic E-state index is 0.158. The van der Waals surface area contributed by atoms with Gasteiger partial charge in [0.1, 0.15) is 0 Å². The second-order valence-corrected chi connectivity index (χ2v) is 12.6. The predicted molar refractivity (Wildman–Crippen MR) is 111 cm³/mol. The van der Waals surface area contributed by atoms with Gasteiger partial charge in [-0.1, -0.05) is 0 Å². The maximum atomic E-state index is 12.9. The third-order valence-corrected chi connectivity index (χ3v) is 9.68. The molecule has 0 aromatic heterocycles. The first-order valence-corrected chi connectivity index (χ1v) is 12.5. The first kappa shape index (κ1) is 20.5. The first-order chi connectivity index (χ1) is 14.7. The van der Waals surface area contributed by atoms with Crippen LogP contribution in [0.1, 0.15) is 83.5 Å². The number of esters is 2. The van der Waals surface area contributed by atoms with Crippen LogP contribution in [0.4, 0.5) is 0 Å². The number of carbonyl (C=O) groups excluding carboxylic acids is 2. The van der Waals surface area contributed by atoms with E-state index in [-0.39, 0.29) is 25.2 Å². The van der Waals surface area contributed by atoms with E-state index < -0.39 is 22.0 Å². The van der Waals surface area contributed by atoms with Crippen molar-refractivity contribution in [3.8, 4) is 0 Å². The summed E-state index contributed by atoms with van der Waals surface area (Å²) in [6, 6.07) is 0. The quantitative estimate of drug-likeness (QED) is 0.495. The minimum atomic E-state index is -0.666. The van der Waals surface area contributed by atoms with Crippen LogP contribution in [0.3, 0.4) is 0 Å². The molecule has 0 amide bonds. The second-order valence-electron chi connectivity index (χ2n) is 12.6. The van der Waals surface area contributed by atoms with Crippen molar-refractivity contribution in [3.63, 3.8) is 0 Å². The first-order valence-electron chi connectivity index (χ1n) is 12.5. The van der Waals surface area contributed by atoms with Crippen molar-refractivity contribution in [3.05, 3.63) is 0 Å². The van der Waals surface area contributed by atoms with Crippen molar-refractivity contribution in [2.45, 2.75) is 94.7 Å². The highest BCUT2D eigenvalue weighted by atomic mass is 16.5. The third-order valence-electron chi connectivity index (χ3n) is 9.68. The van der Waals surface area contributed by atoms with E-state index in [1.165, 1.54) is 0 Å². The van der Waals surface area contributed by atoms with Crippen LogP contribution in [0.5, 0.6) is 0 Å². The molecule has 8 aliphatic carbocycles. The predicted octanol–water partition coefficient (Wildman–Crippen LogP) is 3.13. The molecule has 4 unspecified atom stereocenters. The highest BCUT2D eigenvalue weighted by molar-refractivity contribution is 5.78. The Labute approximate surface area is 184 Å². The van der Waals surface area contributed by atoms with Crippen LogP contribution in [0.15, 0.2) is 0 Å². The fraction of sp³-hybridized carbons (Fsp3) is 0.920. The van der Waals surface area contributed by atoms with Gasteiger partial charge in [0.2, 0.25) is 0 Å². The van der Waals surface area contributed by atoms with E-state index in [1.54, 1.807) is 0 Å². The Bertz CT molecular complexity index is 697. The van der Waals surface area contributed by atoms with Gasteiger partial charge < -0.3 is 19.7 Å². The summed E-state index contributed by atoms with van der Waals surface area (Å²) >= 11 is 0. The number of aliphatic hydroxyl groups is 2. The summed E-state index contributed by atoms with van der Waals surface area (Å²) in [5.41, 5.74) is -2.32. The maximum absolute atomic E-state index is 12.9. The van der Waals surface area contributed by atoms with Crippen LogP contribution >= 0.6 is 0 Å². The number of carbonyl (C=O) groups is 2. The van der Waals surface area contributed by atoms with E-state index in [9.17, 15) is 19.8 Å². The van der Waals surface area contributed by atoms with Crippen molar-refractivity contribution >= 4 is 11.9 Å². The Balaban J connectivity index is 0.989. The molecular formula is C25H36O6. The minimum Gasteiger partial charge on any atom is -0.465 e. The zero-order valence-electron chi connectivity index (χ0n) is 18.4. The molecule has 2 N–H and O–H groups in total. The zero-order chi connectivity index (χ0) is 21.5. The van der Waals surface area contributed by atoms with Gasteiger partial charge in [-0.3, -0.25) is 9.59 Å². The largest absolute Gasteiger partial charge is 0.465 e. The fourth-order valence-electron chi connectivity index (χ4n) is 9.60. The third kappa shape index (κ3) is 3.35. The summed E-state index contributed by atoms with van der Waals surface area (Å²) in [6.07, 6.45) is 10.7. The summed E-state index contributed by atoms with van der Waals surface area (Å²) in [4.78, 5) is 25.9. The van der Waals surface area contributed by atoms with E-state index in [0.29, 0.717) is 42.9 Å². The van der Waals surface area contributed by atoms with Crippen molar-refractivity contribution in [2.24, 2.45) is 34.5 Å². The normalized spacial score (nSPS) is 51.2. The molecule has 0 aromatic rings. The summed E-state index contributed by atoms with van der Waals surface area (Å²) in [5.74, 6) is 1.50. The van der Waals surface area contributed by atoms with E-state index in [4.69, 9.17) is 9.47 Å². The van der Waals surface area contributed by atoms with Gasteiger partial charge >= 0.3 is 11.9 Å². The lowest BCUT2D eigenvalue weighted by molar-refractivity contribution is -0.198. The fourth-order valence-corrected chi connectivity index (χ4v) is 9.60. The molecule has 8 fully saturated rings. The molecule has 6 nitrogen and oxygen atoms in total. The lowest BCUT2D eigenvalue weighted by Gasteiger charge is -2.58. The average Bonchev–Trinajstić information content (AvgIpc) is 2.63. The summed E-state index contributed by atoms with van der Waals surface area (Å²) in [5, 5.41) is 21.7. The number of hydrogen-bond donors (Lipinski definition) is 2. The molecule has 31 heavy (non-hydrogen) atoms. The molecule has 0 heterocycles. The molecular weight excluding hydrogens is 396 g/mol. The molecule has 0 aliphatic heterocycles. The molecule has 0 saturated heterocycles.